The number of carbonyl (C=O) groups is 2. The van der Waals surface area contributed by atoms with Crippen molar-refractivity contribution in [2.75, 3.05) is 5.75 Å². The van der Waals surface area contributed by atoms with Crippen LogP contribution in [0.3, 0.4) is 0 Å². The molecule has 0 spiro atoms. The van der Waals surface area contributed by atoms with Gasteiger partial charge in [0, 0.05) is 23.8 Å². The van der Waals surface area contributed by atoms with E-state index in [-0.39, 0.29) is 11.4 Å². The van der Waals surface area contributed by atoms with Crippen molar-refractivity contribution in [3.8, 4) is 6.07 Å². The number of hydrogen-bond acceptors (Lipinski definition) is 5. The molecule has 1 amide bonds. The average molecular weight is 265 g/mol. The van der Waals surface area contributed by atoms with Gasteiger partial charge in [-0.2, -0.15) is 5.26 Å². The molecule has 0 aliphatic carbocycles. The van der Waals surface area contributed by atoms with Gasteiger partial charge in [0.1, 0.15) is 17.8 Å². The molecule has 0 saturated heterocycles. The topological polar surface area (TPSA) is 103 Å². The van der Waals surface area contributed by atoms with Crippen molar-refractivity contribution in [2.45, 2.75) is 17.9 Å². The molecule has 7 heteroatoms. The van der Waals surface area contributed by atoms with E-state index in [0.717, 1.165) is 4.90 Å². The Bertz CT molecular complexity index is 499. The highest BCUT2D eigenvalue weighted by atomic mass is 32.2. The van der Waals surface area contributed by atoms with Gasteiger partial charge in [0.15, 0.2) is 0 Å². The van der Waals surface area contributed by atoms with E-state index in [0.29, 0.717) is 0 Å². The highest BCUT2D eigenvalue weighted by molar-refractivity contribution is 7.99. The number of nitrogens with one attached hydrogen (secondary N) is 1. The van der Waals surface area contributed by atoms with Crippen molar-refractivity contribution in [2.24, 2.45) is 0 Å². The number of aliphatic carboxylic acids is 1. The van der Waals surface area contributed by atoms with E-state index in [1.807, 2.05) is 6.07 Å². The predicted octanol–water partition coefficient (Wildman–Crippen LogP) is 0.635. The summed E-state index contributed by atoms with van der Waals surface area (Å²) in [5.41, 5.74) is 0.270. The van der Waals surface area contributed by atoms with Crippen molar-refractivity contribution in [1.29, 1.82) is 5.26 Å². The van der Waals surface area contributed by atoms with E-state index >= 15 is 0 Å². The minimum atomic E-state index is -1.09. The van der Waals surface area contributed by atoms with Gasteiger partial charge in [-0.25, -0.2) is 9.78 Å². The van der Waals surface area contributed by atoms with Crippen LogP contribution in [0.4, 0.5) is 0 Å². The number of amides is 1. The quantitative estimate of drug-likeness (QED) is 0.757. The highest BCUT2D eigenvalue weighted by Crippen LogP contribution is 2.18. The fourth-order valence-electron chi connectivity index (χ4n) is 1.16. The molecule has 0 bridgehead atoms. The Balaban J connectivity index is 2.64. The van der Waals surface area contributed by atoms with E-state index in [4.69, 9.17) is 10.4 Å². The molecule has 6 nitrogen and oxygen atoms in total. The lowest BCUT2D eigenvalue weighted by atomic mass is 10.3. The summed E-state index contributed by atoms with van der Waals surface area (Å²) in [5, 5.41) is 19.9. The normalized spacial score (nSPS) is 11.3. The second-order valence-electron chi connectivity index (χ2n) is 3.39. The summed E-state index contributed by atoms with van der Waals surface area (Å²) in [6, 6.07) is 4.19. The highest BCUT2D eigenvalue weighted by Gasteiger charge is 2.18. The van der Waals surface area contributed by atoms with Crippen molar-refractivity contribution in [1.82, 2.24) is 10.3 Å². The number of carboxylic acids is 1. The first-order valence-corrected chi connectivity index (χ1v) is 6.00. The van der Waals surface area contributed by atoms with Crippen LogP contribution in [-0.2, 0) is 9.59 Å². The van der Waals surface area contributed by atoms with Gasteiger partial charge < -0.3 is 10.4 Å². The maximum absolute atomic E-state index is 10.9. The lowest BCUT2D eigenvalue weighted by Crippen LogP contribution is -2.41. The first-order chi connectivity index (χ1) is 8.52. The van der Waals surface area contributed by atoms with E-state index < -0.39 is 17.9 Å². The molecule has 0 fully saturated rings. The number of nitrogens with zero attached hydrogens (tertiary/aromatic N) is 2. The zero-order valence-corrected chi connectivity index (χ0v) is 10.4. The third-order valence-corrected chi connectivity index (χ3v) is 3.03. The Morgan fingerprint density at radius 3 is 2.94 bits per heavy atom. The smallest absolute Gasteiger partial charge is 0.327 e. The molecule has 94 valence electrons. The van der Waals surface area contributed by atoms with Crippen molar-refractivity contribution in [3.05, 3.63) is 24.0 Å². The monoisotopic (exact) mass is 265 g/mol. The SMILES string of the molecule is CC(=O)N[C@@H](CSc1ccnc(C#N)c1)C(=O)O. The van der Waals surface area contributed by atoms with Gasteiger partial charge >= 0.3 is 5.97 Å². The number of nitriles is 1. The third kappa shape index (κ3) is 4.43. The first kappa shape index (κ1) is 14.0. The molecule has 18 heavy (non-hydrogen) atoms. The Morgan fingerprint density at radius 2 is 2.39 bits per heavy atom. The Kier molecular flexibility index (Phi) is 5.14. The van der Waals surface area contributed by atoms with Crippen LogP contribution in [-0.4, -0.2) is 33.8 Å². The van der Waals surface area contributed by atoms with Crippen molar-refractivity contribution < 1.29 is 14.7 Å². The van der Waals surface area contributed by atoms with Gasteiger partial charge in [-0.05, 0) is 12.1 Å². The van der Waals surface area contributed by atoms with Gasteiger partial charge in [0.05, 0.1) is 0 Å². The van der Waals surface area contributed by atoms with Crippen LogP contribution in [0.15, 0.2) is 23.2 Å². The van der Waals surface area contributed by atoms with Crippen LogP contribution in [0.2, 0.25) is 0 Å². The molecule has 0 aliphatic rings. The van der Waals surface area contributed by atoms with Crippen LogP contribution < -0.4 is 5.32 Å². The fourth-order valence-corrected chi connectivity index (χ4v) is 2.10. The van der Waals surface area contributed by atoms with Crippen molar-refractivity contribution >= 4 is 23.6 Å². The second kappa shape index (κ2) is 6.61. The van der Waals surface area contributed by atoms with Crippen LogP contribution in [0.5, 0.6) is 0 Å². The Labute approximate surface area is 108 Å². The predicted molar refractivity (Wildman–Crippen MR) is 64.9 cm³/mol. The number of carbonyl (C=O) groups excluding carboxylic acids is 1. The van der Waals surface area contributed by atoms with Gasteiger partial charge in [-0.15, -0.1) is 11.8 Å². The number of rotatable bonds is 5. The Hall–Kier alpha value is -2.07. The lowest BCUT2D eigenvalue weighted by molar-refractivity contribution is -0.140. The summed E-state index contributed by atoms with van der Waals surface area (Å²) in [6.45, 7) is 1.26. The molecule has 1 aromatic heterocycles. The number of pyridine rings is 1. The van der Waals surface area contributed by atoms with Gasteiger partial charge in [-0.3, -0.25) is 4.79 Å². The summed E-state index contributed by atoms with van der Waals surface area (Å²) < 4.78 is 0. The lowest BCUT2D eigenvalue weighted by Gasteiger charge is -2.12. The standard InChI is InChI=1S/C11H11N3O3S/c1-7(15)14-10(11(16)17)6-18-9-2-3-13-8(4-9)5-12/h2-4,10H,6H2,1H3,(H,14,15)(H,16,17)/t10-/m0/s1. The molecular weight excluding hydrogens is 254 g/mol. The molecule has 1 rings (SSSR count). The number of aromatic nitrogens is 1. The molecule has 1 aromatic rings. The fraction of sp³-hybridized carbons (Fsp3) is 0.273. The zero-order valence-electron chi connectivity index (χ0n) is 9.58. The maximum atomic E-state index is 10.9. The molecule has 0 radical (unpaired) electrons. The first-order valence-electron chi connectivity index (χ1n) is 5.02. The average Bonchev–Trinajstić information content (AvgIpc) is 2.34. The summed E-state index contributed by atoms with van der Waals surface area (Å²) in [4.78, 5) is 26.3. The molecule has 2 N–H and O–H groups in total. The summed E-state index contributed by atoms with van der Waals surface area (Å²) in [5.74, 6) is -1.30. The van der Waals surface area contributed by atoms with Crippen LogP contribution in [0.1, 0.15) is 12.6 Å². The van der Waals surface area contributed by atoms with Gasteiger partial charge in [0.2, 0.25) is 5.91 Å². The molecule has 0 saturated carbocycles. The van der Waals surface area contributed by atoms with E-state index in [9.17, 15) is 9.59 Å². The van der Waals surface area contributed by atoms with E-state index in [1.54, 1.807) is 12.1 Å². The second-order valence-corrected chi connectivity index (χ2v) is 4.48. The van der Waals surface area contributed by atoms with Crippen LogP contribution >= 0.6 is 11.8 Å². The summed E-state index contributed by atoms with van der Waals surface area (Å²) in [7, 11) is 0. The number of thioether (sulfide) groups is 1. The maximum Gasteiger partial charge on any atom is 0.327 e. The minimum Gasteiger partial charge on any atom is -0.480 e. The molecular formula is C11H11N3O3S. The van der Waals surface area contributed by atoms with Crippen molar-refractivity contribution in [3.63, 3.8) is 0 Å². The summed E-state index contributed by atoms with van der Waals surface area (Å²) in [6.07, 6.45) is 1.48. The largest absolute Gasteiger partial charge is 0.480 e. The van der Waals surface area contributed by atoms with E-state index in [2.05, 4.69) is 10.3 Å². The third-order valence-electron chi connectivity index (χ3n) is 1.94. The number of carboxylic acid groups (broad SMARTS) is 1. The van der Waals surface area contributed by atoms with E-state index in [1.165, 1.54) is 24.9 Å². The molecule has 0 aromatic carbocycles. The van der Waals surface area contributed by atoms with Gasteiger partial charge in [-0.1, -0.05) is 0 Å². The summed E-state index contributed by atoms with van der Waals surface area (Å²) >= 11 is 1.24. The minimum absolute atomic E-state index is 0.184. The molecule has 1 heterocycles. The molecule has 0 aliphatic heterocycles. The number of hydrogen-bond donors (Lipinski definition) is 2. The van der Waals surface area contributed by atoms with Gasteiger partial charge in [0.25, 0.3) is 0 Å². The van der Waals surface area contributed by atoms with Crippen LogP contribution in [0, 0.1) is 11.3 Å². The molecule has 0 unspecified atom stereocenters. The Morgan fingerprint density at radius 1 is 1.67 bits per heavy atom. The van der Waals surface area contributed by atoms with Crippen LogP contribution in [0.25, 0.3) is 0 Å². The zero-order chi connectivity index (χ0) is 13.5. The molecule has 1 atom stereocenters.